The Morgan fingerprint density at radius 2 is 1.67 bits per heavy atom. The number of nitrogens with one attached hydrogen (secondary N) is 2. The van der Waals surface area contributed by atoms with Gasteiger partial charge in [-0.2, -0.15) is 4.98 Å². The van der Waals surface area contributed by atoms with Crippen molar-refractivity contribution >= 4 is 29.3 Å². The van der Waals surface area contributed by atoms with E-state index < -0.39 is 5.41 Å². The maximum atomic E-state index is 12.9. The molecule has 1 amide bonds. The first-order chi connectivity index (χ1) is 14.1. The quantitative estimate of drug-likeness (QED) is 0.715. The molecule has 1 aromatic carbocycles. The van der Waals surface area contributed by atoms with Crippen LogP contribution in [0.15, 0.2) is 30.3 Å². The third kappa shape index (κ3) is 5.42. The van der Waals surface area contributed by atoms with Crippen molar-refractivity contribution < 1.29 is 4.79 Å². The topological polar surface area (TPSA) is 70.2 Å². The summed E-state index contributed by atoms with van der Waals surface area (Å²) in [6.45, 7) is 5.89. The van der Waals surface area contributed by atoms with E-state index in [9.17, 15) is 4.79 Å². The van der Waals surface area contributed by atoms with Gasteiger partial charge in [-0.25, -0.2) is 4.98 Å². The van der Waals surface area contributed by atoms with E-state index in [0.717, 1.165) is 42.8 Å². The lowest BCUT2D eigenvalue weighted by atomic mass is 9.82. The first-order valence-corrected chi connectivity index (χ1v) is 10.9. The molecule has 0 atom stereocenters. The fourth-order valence-corrected chi connectivity index (χ4v) is 3.90. The summed E-state index contributed by atoms with van der Waals surface area (Å²) in [6, 6.07) is 9.99. The van der Waals surface area contributed by atoms with E-state index in [1.54, 1.807) is 0 Å². The minimum atomic E-state index is -0.600. The average molecular weight is 430 g/mol. The predicted molar refractivity (Wildman–Crippen MR) is 123 cm³/mol. The normalized spacial score (nSPS) is 19.3. The highest BCUT2D eigenvalue weighted by Gasteiger charge is 2.32. The van der Waals surface area contributed by atoms with Crippen LogP contribution in [0.25, 0.3) is 0 Å². The molecular weight excluding hydrogens is 398 g/mol. The smallest absolute Gasteiger partial charge is 0.230 e. The van der Waals surface area contributed by atoms with Crippen LogP contribution in [0.1, 0.15) is 50.8 Å². The number of carbonyl (C=O) groups is 1. The molecule has 0 bridgehead atoms. The Morgan fingerprint density at radius 1 is 1.07 bits per heavy atom. The van der Waals surface area contributed by atoms with Crippen molar-refractivity contribution in [2.45, 2.75) is 64.0 Å². The molecule has 1 heterocycles. The van der Waals surface area contributed by atoms with E-state index >= 15 is 0 Å². The molecule has 30 heavy (non-hydrogen) atoms. The van der Waals surface area contributed by atoms with E-state index in [1.165, 1.54) is 0 Å². The van der Waals surface area contributed by atoms with Crippen LogP contribution in [0.4, 0.5) is 11.8 Å². The van der Waals surface area contributed by atoms with E-state index in [-0.39, 0.29) is 11.9 Å². The largest absolute Gasteiger partial charge is 0.363 e. The van der Waals surface area contributed by atoms with Crippen molar-refractivity contribution in [3.63, 3.8) is 0 Å². The van der Waals surface area contributed by atoms with E-state index in [0.29, 0.717) is 17.0 Å². The second-order valence-corrected chi connectivity index (χ2v) is 9.32. The molecule has 1 saturated carbocycles. The first kappa shape index (κ1) is 22.3. The highest BCUT2D eigenvalue weighted by Crippen LogP contribution is 2.27. The number of nitrogens with zero attached hydrogens (tertiary/aromatic N) is 3. The summed E-state index contributed by atoms with van der Waals surface area (Å²) in [5.74, 6) is 1.63. The maximum Gasteiger partial charge on any atom is 0.230 e. The van der Waals surface area contributed by atoms with Gasteiger partial charge in [0.1, 0.15) is 5.82 Å². The molecular formula is C23H32ClN5O. The molecule has 7 heteroatoms. The van der Waals surface area contributed by atoms with E-state index in [4.69, 9.17) is 11.6 Å². The molecule has 1 aliphatic rings. The third-order valence-electron chi connectivity index (χ3n) is 5.83. The van der Waals surface area contributed by atoms with Crippen LogP contribution in [0.3, 0.4) is 0 Å². The van der Waals surface area contributed by atoms with Gasteiger partial charge < -0.3 is 15.5 Å². The lowest BCUT2D eigenvalue weighted by molar-refractivity contribution is -0.126. The molecule has 1 fully saturated rings. The zero-order valence-corrected chi connectivity index (χ0v) is 19.3. The molecule has 0 unspecified atom stereocenters. The molecule has 3 rings (SSSR count). The lowest BCUT2D eigenvalue weighted by Gasteiger charge is -2.33. The van der Waals surface area contributed by atoms with Gasteiger partial charge in [-0.05, 0) is 64.2 Å². The summed E-state index contributed by atoms with van der Waals surface area (Å²) < 4.78 is 0. The zero-order valence-electron chi connectivity index (χ0n) is 18.5. The fraction of sp³-hybridized carbons (Fsp3) is 0.522. The summed E-state index contributed by atoms with van der Waals surface area (Å²) in [5, 5.41) is 7.41. The van der Waals surface area contributed by atoms with Crippen molar-refractivity contribution in [1.29, 1.82) is 0 Å². The summed E-state index contributed by atoms with van der Waals surface area (Å²) in [4.78, 5) is 24.0. The standard InChI is InChI=1S/C23H32ClN5O/c1-15-14-20(29(4)5)28-22(25-15)27-19-12-10-18(11-13-19)26-21(30)23(2,3)16-6-8-17(24)9-7-16/h6-9,14,18-19H,10-13H2,1-5H3,(H,26,30)(H,25,27,28). The number of anilines is 2. The average Bonchev–Trinajstić information content (AvgIpc) is 2.69. The monoisotopic (exact) mass is 429 g/mol. The number of amides is 1. The molecule has 162 valence electrons. The summed E-state index contributed by atoms with van der Waals surface area (Å²) in [7, 11) is 3.95. The minimum absolute atomic E-state index is 0.0545. The number of halogens is 1. The fourth-order valence-electron chi connectivity index (χ4n) is 3.77. The molecule has 0 spiro atoms. The molecule has 2 aromatic rings. The Kier molecular flexibility index (Phi) is 6.86. The number of hydrogen-bond acceptors (Lipinski definition) is 5. The van der Waals surface area contributed by atoms with Gasteiger partial charge in [0, 0.05) is 43.0 Å². The number of aromatic nitrogens is 2. The van der Waals surface area contributed by atoms with Gasteiger partial charge >= 0.3 is 0 Å². The van der Waals surface area contributed by atoms with Crippen molar-refractivity contribution in [3.05, 3.63) is 46.6 Å². The van der Waals surface area contributed by atoms with Crippen LogP contribution in [0.5, 0.6) is 0 Å². The minimum Gasteiger partial charge on any atom is -0.363 e. The lowest BCUT2D eigenvalue weighted by Crippen LogP contribution is -2.47. The molecule has 1 aromatic heterocycles. The SMILES string of the molecule is Cc1cc(N(C)C)nc(NC2CCC(NC(=O)C(C)(C)c3ccc(Cl)cc3)CC2)n1. The number of rotatable bonds is 6. The molecule has 6 nitrogen and oxygen atoms in total. The van der Waals surface area contributed by atoms with Crippen molar-refractivity contribution in [2.24, 2.45) is 0 Å². The molecule has 2 N–H and O–H groups in total. The number of carbonyl (C=O) groups excluding carboxylic acids is 1. The van der Waals surface area contributed by atoms with Gasteiger partial charge in [0.05, 0.1) is 5.41 Å². The van der Waals surface area contributed by atoms with Crippen molar-refractivity contribution in [3.8, 4) is 0 Å². The number of hydrogen-bond donors (Lipinski definition) is 2. The molecule has 0 saturated heterocycles. The van der Waals surface area contributed by atoms with Crippen LogP contribution >= 0.6 is 11.6 Å². The van der Waals surface area contributed by atoms with Crippen molar-refractivity contribution in [1.82, 2.24) is 15.3 Å². The highest BCUT2D eigenvalue weighted by atomic mass is 35.5. The van der Waals surface area contributed by atoms with E-state index in [1.807, 2.05) is 70.1 Å². The number of aryl methyl sites for hydroxylation is 1. The van der Waals surface area contributed by atoms with Crippen LogP contribution in [0, 0.1) is 6.92 Å². The third-order valence-corrected chi connectivity index (χ3v) is 6.08. The second kappa shape index (κ2) is 9.21. The zero-order chi connectivity index (χ0) is 21.9. The van der Waals surface area contributed by atoms with Crippen LogP contribution < -0.4 is 15.5 Å². The van der Waals surface area contributed by atoms with Gasteiger partial charge in [-0.3, -0.25) is 4.79 Å². The predicted octanol–water partition coefficient (Wildman–Crippen LogP) is 4.32. The number of benzene rings is 1. The maximum absolute atomic E-state index is 12.9. The van der Waals surface area contributed by atoms with Gasteiger partial charge in [0.15, 0.2) is 0 Å². The Bertz CT molecular complexity index is 874. The van der Waals surface area contributed by atoms with Gasteiger partial charge in [-0.1, -0.05) is 23.7 Å². The Morgan fingerprint density at radius 3 is 2.27 bits per heavy atom. The second-order valence-electron chi connectivity index (χ2n) is 8.88. The van der Waals surface area contributed by atoms with Crippen LogP contribution in [0.2, 0.25) is 5.02 Å². The summed E-state index contributed by atoms with van der Waals surface area (Å²) in [5.41, 5.74) is 1.31. The Hall–Kier alpha value is -2.34. The van der Waals surface area contributed by atoms with Crippen molar-refractivity contribution in [2.75, 3.05) is 24.3 Å². The molecule has 0 aliphatic heterocycles. The first-order valence-electron chi connectivity index (χ1n) is 10.5. The van der Waals surface area contributed by atoms with Gasteiger partial charge in [-0.15, -0.1) is 0 Å². The van der Waals surface area contributed by atoms with Gasteiger partial charge in [0.25, 0.3) is 0 Å². The molecule has 1 aliphatic carbocycles. The van der Waals surface area contributed by atoms with Crippen LogP contribution in [-0.2, 0) is 10.2 Å². The molecule has 0 radical (unpaired) electrons. The summed E-state index contributed by atoms with van der Waals surface area (Å²) in [6.07, 6.45) is 3.82. The Labute approximate surface area is 184 Å². The van der Waals surface area contributed by atoms with Crippen LogP contribution in [-0.4, -0.2) is 42.1 Å². The van der Waals surface area contributed by atoms with Gasteiger partial charge in [0.2, 0.25) is 11.9 Å². The highest BCUT2D eigenvalue weighted by molar-refractivity contribution is 6.30. The summed E-state index contributed by atoms with van der Waals surface area (Å²) >= 11 is 5.98. The van der Waals surface area contributed by atoms with E-state index in [2.05, 4.69) is 20.6 Å². The Balaban J connectivity index is 1.54.